The number of amides is 1. The van der Waals surface area contributed by atoms with E-state index in [1.54, 1.807) is 0 Å². The van der Waals surface area contributed by atoms with Crippen LogP contribution in [0.2, 0.25) is 0 Å². The summed E-state index contributed by atoms with van der Waals surface area (Å²) in [5.41, 5.74) is 9.51. The summed E-state index contributed by atoms with van der Waals surface area (Å²) in [5.74, 6) is -0.419. The third-order valence-corrected chi connectivity index (χ3v) is 5.43. The molecule has 4 rings (SSSR count). The van der Waals surface area contributed by atoms with Crippen LogP contribution < -0.4 is 5.73 Å². The normalized spacial score (nSPS) is 16.2. The van der Waals surface area contributed by atoms with Gasteiger partial charge in [-0.1, -0.05) is 6.07 Å². The Balaban J connectivity index is 1.80. The number of rotatable bonds is 3. The van der Waals surface area contributed by atoms with Crippen molar-refractivity contribution in [2.24, 2.45) is 5.73 Å². The monoisotopic (exact) mass is 351 g/mol. The first-order valence-electron chi connectivity index (χ1n) is 8.92. The van der Waals surface area contributed by atoms with Crippen molar-refractivity contribution >= 4 is 16.8 Å². The molecule has 1 aliphatic rings. The Hall–Kier alpha value is -2.66. The molecular weight excluding hydrogens is 329 g/mol. The maximum Gasteiger partial charge on any atom is 0.249 e. The molecule has 2 heterocycles. The molecule has 0 radical (unpaired) electrons. The van der Waals surface area contributed by atoms with Crippen molar-refractivity contribution in [2.75, 3.05) is 20.1 Å². The fourth-order valence-corrected chi connectivity index (χ4v) is 3.94. The number of H-pyrrole nitrogens is 1. The largest absolute Gasteiger partial charge is 0.366 e. The lowest BCUT2D eigenvalue weighted by atomic mass is 9.88. The summed E-state index contributed by atoms with van der Waals surface area (Å²) in [4.78, 5) is 17.4. The Morgan fingerprint density at radius 2 is 1.96 bits per heavy atom. The number of carbonyl (C=O) groups excluding carboxylic acids is 1. The van der Waals surface area contributed by atoms with Gasteiger partial charge in [-0.25, -0.2) is 4.39 Å². The molecule has 3 aromatic rings. The molecule has 1 aromatic heterocycles. The number of benzene rings is 2. The third kappa shape index (κ3) is 2.99. The second kappa shape index (κ2) is 6.57. The Morgan fingerprint density at radius 1 is 1.19 bits per heavy atom. The third-order valence-electron chi connectivity index (χ3n) is 5.43. The Labute approximate surface area is 151 Å². The molecule has 0 spiro atoms. The van der Waals surface area contributed by atoms with Gasteiger partial charge in [0.25, 0.3) is 0 Å². The molecule has 1 amide bonds. The van der Waals surface area contributed by atoms with Crippen LogP contribution in [-0.4, -0.2) is 35.9 Å². The summed E-state index contributed by atoms with van der Waals surface area (Å²) < 4.78 is 13.8. The Morgan fingerprint density at radius 3 is 2.69 bits per heavy atom. The minimum atomic E-state index is -0.551. The van der Waals surface area contributed by atoms with Gasteiger partial charge in [-0.15, -0.1) is 0 Å². The van der Waals surface area contributed by atoms with Crippen molar-refractivity contribution in [3.05, 3.63) is 59.5 Å². The van der Waals surface area contributed by atoms with Gasteiger partial charge in [-0.3, -0.25) is 4.79 Å². The van der Waals surface area contributed by atoms with E-state index in [1.807, 2.05) is 18.2 Å². The van der Waals surface area contributed by atoms with E-state index >= 15 is 0 Å². The number of halogens is 1. The van der Waals surface area contributed by atoms with E-state index in [9.17, 15) is 9.18 Å². The van der Waals surface area contributed by atoms with Crippen molar-refractivity contribution in [1.29, 1.82) is 0 Å². The summed E-state index contributed by atoms with van der Waals surface area (Å²) in [6.07, 6.45) is 4.34. The fraction of sp³-hybridized carbons (Fsp3) is 0.286. The summed E-state index contributed by atoms with van der Waals surface area (Å²) in [5, 5.41) is 1.14. The maximum atomic E-state index is 13.8. The van der Waals surface area contributed by atoms with Gasteiger partial charge in [0.1, 0.15) is 5.82 Å². The smallest absolute Gasteiger partial charge is 0.249 e. The van der Waals surface area contributed by atoms with E-state index in [4.69, 9.17) is 5.73 Å². The van der Waals surface area contributed by atoms with Crippen molar-refractivity contribution in [1.82, 2.24) is 9.88 Å². The summed E-state index contributed by atoms with van der Waals surface area (Å²) in [7, 11) is 2.15. The quantitative estimate of drug-likeness (QED) is 0.752. The van der Waals surface area contributed by atoms with Gasteiger partial charge < -0.3 is 15.6 Å². The molecule has 4 nitrogen and oxygen atoms in total. The number of nitrogens with two attached hydrogens (primary N) is 1. The van der Waals surface area contributed by atoms with Crippen LogP contribution in [0.25, 0.3) is 22.0 Å². The molecule has 0 aliphatic carbocycles. The standard InChI is InChI=1S/C21H22FN3O/c1-25-8-6-13(7-9-25)19-12-24-20-5-2-14(10-18(19)20)17-11-15(22)3-4-16(17)21(23)26/h2-5,10-13,24H,6-9H2,1H3,(H2,23,26). The van der Waals surface area contributed by atoms with Crippen LogP contribution in [0.5, 0.6) is 0 Å². The van der Waals surface area contributed by atoms with Crippen molar-refractivity contribution in [3.8, 4) is 11.1 Å². The average molecular weight is 351 g/mol. The van der Waals surface area contributed by atoms with E-state index in [1.165, 1.54) is 23.8 Å². The van der Waals surface area contributed by atoms with Crippen molar-refractivity contribution < 1.29 is 9.18 Å². The van der Waals surface area contributed by atoms with Gasteiger partial charge in [-0.2, -0.15) is 0 Å². The first-order chi connectivity index (χ1) is 12.5. The highest BCUT2D eigenvalue weighted by molar-refractivity contribution is 6.01. The number of carbonyl (C=O) groups is 1. The maximum absolute atomic E-state index is 13.8. The highest BCUT2D eigenvalue weighted by Gasteiger charge is 2.21. The zero-order valence-electron chi connectivity index (χ0n) is 14.8. The van der Waals surface area contributed by atoms with E-state index in [-0.39, 0.29) is 5.82 Å². The van der Waals surface area contributed by atoms with Crippen LogP contribution in [-0.2, 0) is 0 Å². The molecule has 5 heteroatoms. The van der Waals surface area contributed by atoms with Crippen LogP contribution in [0.1, 0.15) is 34.7 Å². The van der Waals surface area contributed by atoms with Crippen LogP contribution >= 0.6 is 0 Å². The van der Waals surface area contributed by atoms with Crippen molar-refractivity contribution in [2.45, 2.75) is 18.8 Å². The molecule has 134 valence electrons. The molecule has 26 heavy (non-hydrogen) atoms. The molecule has 1 saturated heterocycles. The number of likely N-dealkylation sites (tertiary alicyclic amines) is 1. The number of aromatic amines is 1. The van der Waals surface area contributed by atoms with Gasteiger partial charge in [0, 0.05) is 22.7 Å². The predicted molar refractivity (Wildman–Crippen MR) is 102 cm³/mol. The van der Waals surface area contributed by atoms with Crippen LogP contribution in [0, 0.1) is 5.82 Å². The average Bonchev–Trinajstić information content (AvgIpc) is 3.05. The van der Waals surface area contributed by atoms with E-state index < -0.39 is 5.91 Å². The molecule has 0 unspecified atom stereocenters. The molecule has 0 atom stereocenters. The first kappa shape index (κ1) is 16.8. The minimum Gasteiger partial charge on any atom is -0.366 e. The molecule has 0 saturated carbocycles. The van der Waals surface area contributed by atoms with Crippen molar-refractivity contribution in [3.63, 3.8) is 0 Å². The molecule has 1 aliphatic heterocycles. The van der Waals surface area contributed by atoms with Crippen LogP contribution in [0.15, 0.2) is 42.6 Å². The van der Waals surface area contributed by atoms with E-state index in [0.29, 0.717) is 17.0 Å². The highest BCUT2D eigenvalue weighted by Crippen LogP contribution is 2.35. The van der Waals surface area contributed by atoms with Gasteiger partial charge in [0.15, 0.2) is 0 Å². The first-order valence-corrected chi connectivity index (χ1v) is 8.92. The number of nitrogens with one attached hydrogen (secondary N) is 1. The summed E-state index contributed by atoms with van der Waals surface area (Å²) in [6.45, 7) is 2.18. The zero-order chi connectivity index (χ0) is 18.3. The number of hydrogen-bond acceptors (Lipinski definition) is 2. The van der Waals surface area contributed by atoms with Gasteiger partial charge in [0.05, 0.1) is 0 Å². The topological polar surface area (TPSA) is 62.1 Å². The van der Waals surface area contributed by atoms with Crippen LogP contribution in [0.3, 0.4) is 0 Å². The molecule has 1 fully saturated rings. The fourth-order valence-electron chi connectivity index (χ4n) is 3.94. The lowest BCUT2D eigenvalue weighted by Gasteiger charge is -2.28. The molecule has 0 bridgehead atoms. The molecule has 3 N–H and O–H groups in total. The summed E-state index contributed by atoms with van der Waals surface area (Å²) >= 11 is 0. The van der Waals surface area contributed by atoms with Gasteiger partial charge in [-0.05, 0) is 85.9 Å². The number of primary amides is 1. The lowest BCUT2D eigenvalue weighted by Crippen LogP contribution is -2.29. The molecule has 2 aromatic carbocycles. The lowest BCUT2D eigenvalue weighted by molar-refractivity contribution is 0.100. The number of fused-ring (bicyclic) bond motifs is 1. The number of hydrogen-bond donors (Lipinski definition) is 2. The molecular formula is C21H22FN3O. The number of aromatic nitrogens is 1. The Bertz CT molecular complexity index is 971. The van der Waals surface area contributed by atoms with E-state index in [2.05, 4.69) is 23.1 Å². The zero-order valence-corrected chi connectivity index (χ0v) is 14.8. The highest BCUT2D eigenvalue weighted by atomic mass is 19.1. The van der Waals surface area contributed by atoms with E-state index in [0.717, 1.165) is 42.4 Å². The SMILES string of the molecule is CN1CCC(c2c[nH]c3ccc(-c4cc(F)ccc4C(N)=O)cc23)CC1. The number of piperidine rings is 1. The second-order valence-electron chi connectivity index (χ2n) is 7.14. The van der Waals surface area contributed by atoms with Gasteiger partial charge >= 0.3 is 0 Å². The summed E-state index contributed by atoms with van der Waals surface area (Å²) in [6, 6.07) is 10.0. The Kier molecular flexibility index (Phi) is 4.24. The second-order valence-corrected chi connectivity index (χ2v) is 7.14. The number of nitrogens with zero attached hydrogens (tertiary/aromatic N) is 1. The van der Waals surface area contributed by atoms with Crippen LogP contribution in [0.4, 0.5) is 4.39 Å². The minimum absolute atomic E-state index is 0.335. The predicted octanol–water partition coefficient (Wildman–Crippen LogP) is 3.88. The van der Waals surface area contributed by atoms with Gasteiger partial charge in [0.2, 0.25) is 5.91 Å².